The summed E-state index contributed by atoms with van der Waals surface area (Å²) in [5, 5.41) is 10.4. The quantitative estimate of drug-likeness (QED) is 0.814. The number of benzene rings is 1. The van der Waals surface area contributed by atoms with Crippen molar-refractivity contribution < 1.29 is 9.84 Å². The summed E-state index contributed by atoms with van der Waals surface area (Å²) >= 11 is 0. The van der Waals surface area contributed by atoms with Crippen molar-refractivity contribution in [3.63, 3.8) is 0 Å². The van der Waals surface area contributed by atoms with Crippen molar-refractivity contribution in [1.82, 2.24) is 0 Å². The van der Waals surface area contributed by atoms with E-state index in [0.29, 0.717) is 5.92 Å². The highest BCUT2D eigenvalue weighted by atomic mass is 16.5. The third-order valence-electron chi connectivity index (χ3n) is 3.30. The van der Waals surface area contributed by atoms with Gasteiger partial charge in [0.1, 0.15) is 6.10 Å². The molecule has 17 heavy (non-hydrogen) atoms. The zero-order valence-corrected chi connectivity index (χ0v) is 10.7. The Morgan fingerprint density at radius 3 is 2.88 bits per heavy atom. The van der Waals surface area contributed by atoms with Gasteiger partial charge in [0.05, 0.1) is 6.10 Å². The predicted octanol–water partition coefficient (Wildman–Crippen LogP) is 3.10. The van der Waals surface area contributed by atoms with Crippen molar-refractivity contribution in [1.29, 1.82) is 0 Å². The van der Waals surface area contributed by atoms with Crippen LogP contribution in [-0.4, -0.2) is 17.8 Å². The second kappa shape index (κ2) is 5.65. The second-order valence-corrected chi connectivity index (χ2v) is 5.30. The smallest absolute Gasteiger partial charge is 0.105 e. The number of aliphatic hydroxyl groups is 1. The van der Waals surface area contributed by atoms with E-state index >= 15 is 0 Å². The van der Waals surface area contributed by atoms with E-state index in [2.05, 4.69) is 19.9 Å². The molecular formula is C15H22O2. The third kappa shape index (κ3) is 3.08. The van der Waals surface area contributed by atoms with Gasteiger partial charge in [-0.05, 0) is 36.3 Å². The van der Waals surface area contributed by atoms with Crippen molar-refractivity contribution in [2.45, 2.75) is 45.3 Å². The number of aryl methyl sites for hydroxylation is 1. The van der Waals surface area contributed by atoms with E-state index in [1.54, 1.807) is 0 Å². The summed E-state index contributed by atoms with van der Waals surface area (Å²) in [4.78, 5) is 0. The molecule has 2 nitrogen and oxygen atoms in total. The molecule has 2 heteroatoms. The Labute approximate surface area is 104 Å². The summed E-state index contributed by atoms with van der Waals surface area (Å²) < 4.78 is 5.84. The average molecular weight is 234 g/mol. The molecule has 1 N–H and O–H groups in total. The highest BCUT2D eigenvalue weighted by Crippen LogP contribution is 2.30. The maximum absolute atomic E-state index is 10.4. The molecule has 0 bridgehead atoms. The lowest BCUT2D eigenvalue weighted by Gasteiger charge is -2.23. The largest absolute Gasteiger partial charge is 0.386 e. The molecule has 0 amide bonds. The first-order chi connectivity index (χ1) is 8.18. The van der Waals surface area contributed by atoms with E-state index < -0.39 is 6.10 Å². The van der Waals surface area contributed by atoms with Gasteiger partial charge in [0.2, 0.25) is 0 Å². The molecule has 0 aliphatic heterocycles. The summed E-state index contributed by atoms with van der Waals surface area (Å²) in [5.74, 6) is 0.515. The Morgan fingerprint density at radius 2 is 2.12 bits per heavy atom. The van der Waals surface area contributed by atoms with Crippen LogP contribution in [0.3, 0.4) is 0 Å². The van der Waals surface area contributed by atoms with Gasteiger partial charge >= 0.3 is 0 Å². The van der Waals surface area contributed by atoms with Crippen molar-refractivity contribution >= 4 is 0 Å². The van der Waals surface area contributed by atoms with Crippen molar-refractivity contribution in [3.8, 4) is 0 Å². The van der Waals surface area contributed by atoms with Crippen LogP contribution in [0, 0.1) is 5.92 Å². The number of hydrogen-bond acceptors (Lipinski definition) is 2. The van der Waals surface area contributed by atoms with Gasteiger partial charge in [0.15, 0.2) is 0 Å². The van der Waals surface area contributed by atoms with Gasteiger partial charge in [-0.15, -0.1) is 0 Å². The molecule has 1 aromatic rings. The Morgan fingerprint density at radius 1 is 1.35 bits per heavy atom. The van der Waals surface area contributed by atoms with Crippen molar-refractivity contribution in [2.24, 2.45) is 5.92 Å². The zero-order valence-electron chi connectivity index (χ0n) is 10.7. The standard InChI is InChI=1S/C15H22O2/c1-11(2)10-17-14-9-5-7-12-6-3-4-8-13(12)15(14)16/h3-4,6,8,11,14-16H,5,7,9-10H2,1-2H3. The van der Waals surface area contributed by atoms with Crippen LogP contribution in [0.25, 0.3) is 0 Å². The number of fused-ring (bicyclic) bond motifs is 1. The Hall–Kier alpha value is -0.860. The Bertz CT molecular complexity index is 360. The normalized spacial score (nSPS) is 24.5. The molecule has 1 aliphatic carbocycles. The van der Waals surface area contributed by atoms with E-state index in [-0.39, 0.29) is 6.10 Å². The van der Waals surface area contributed by atoms with E-state index in [9.17, 15) is 5.11 Å². The highest BCUT2D eigenvalue weighted by molar-refractivity contribution is 5.30. The van der Waals surface area contributed by atoms with Crippen LogP contribution in [0.4, 0.5) is 0 Å². The lowest BCUT2D eigenvalue weighted by Crippen LogP contribution is -2.23. The summed E-state index contributed by atoms with van der Waals surface area (Å²) in [6.07, 6.45) is 2.59. The molecule has 2 atom stereocenters. The van der Waals surface area contributed by atoms with Crippen LogP contribution in [-0.2, 0) is 11.2 Å². The molecule has 2 unspecified atom stereocenters. The molecule has 0 saturated heterocycles. The van der Waals surface area contributed by atoms with E-state index in [1.807, 2.05) is 18.2 Å². The van der Waals surface area contributed by atoms with Gasteiger partial charge in [0, 0.05) is 6.61 Å². The third-order valence-corrected chi connectivity index (χ3v) is 3.30. The molecule has 1 aliphatic rings. The van der Waals surface area contributed by atoms with Gasteiger partial charge in [-0.3, -0.25) is 0 Å². The fourth-order valence-electron chi connectivity index (χ4n) is 2.39. The van der Waals surface area contributed by atoms with Crippen LogP contribution >= 0.6 is 0 Å². The predicted molar refractivity (Wildman–Crippen MR) is 68.9 cm³/mol. The molecule has 2 rings (SSSR count). The minimum atomic E-state index is -0.465. The minimum absolute atomic E-state index is 0.0407. The summed E-state index contributed by atoms with van der Waals surface area (Å²) in [6, 6.07) is 8.17. The number of rotatable bonds is 3. The van der Waals surface area contributed by atoms with Gasteiger partial charge < -0.3 is 9.84 Å². The van der Waals surface area contributed by atoms with Crippen LogP contribution < -0.4 is 0 Å². The van der Waals surface area contributed by atoms with Crippen LogP contribution in [0.5, 0.6) is 0 Å². The molecule has 1 aromatic carbocycles. The zero-order chi connectivity index (χ0) is 12.3. The molecule has 0 radical (unpaired) electrons. The second-order valence-electron chi connectivity index (χ2n) is 5.30. The summed E-state index contributed by atoms with van der Waals surface area (Å²) in [5.41, 5.74) is 2.33. The fourth-order valence-corrected chi connectivity index (χ4v) is 2.39. The Balaban J connectivity index is 2.11. The lowest BCUT2D eigenvalue weighted by molar-refractivity contribution is -0.0504. The van der Waals surface area contributed by atoms with Gasteiger partial charge in [0.25, 0.3) is 0 Å². The molecule has 94 valence electrons. The van der Waals surface area contributed by atoms with E-state index in [1.165, 1.54) is 5.56 Å². The Kier molecular flexibility index (Phi) is 4.19. The van der Waals surface area contributed by atoms with Crippen LogP contribution in [0.2, 0.25) is 0 Å². The number of ether oxygens (including phenoxy) is 1. The first-order valence-electron chi connectivity index (χ1n) is 6.56. The van der Waals surface area contributed by atoms with E-state index in [4.69, 9.17) is 4.74 Å². The van der Waals surface area contributed by atoms with E-state index in [0.717, 1.165) is 31.4 Å². The molecule has 0 aromatic heterocycles. The SMILES string of the molecule is CC(C)COC1CCCc2ccccc2C1O. The first kappa shape index (κ1) is 12.6. The monoisotopic (exact) mass is 234 g/mol. The number of aliphatic hydroxyl groups excluding tert-OH is 1. The van der Waals surface area contributed by atoms with Crippen LogP contribution in [0.15, 0.2) is 24.3 Å². The highest BCUT2D eigenvalue weighted by Gasteiger charge is 2.26. The van der Waals surface area contributed by atoms with Crippen LogP contribution in [0.1, 0.15) is 43.9 Å². The fraction of sp³-hybridized carbons (Fsp3) is 0.600. The molecule has 0 saturated carbocycles. The molecule has 0 heterocycles. The molecular weight excluding hydrogens is 212 g/mol. The minimum Gasteiger partial charge on any atom is -0.386 e. The first-order valence-corrected chi connectivity index (χ1v) is 6.56. The maximum atomic E-state index is 10.4. The summed E-state index contributed by atoms with van der Waals surface area (Å²) in [6.45, 7) is 5.00. The topological polar surface area (TPSA) is 29.5 Å². The summed E-state index contributed by atoms with van der Waals surface area (Å²) in [7, 11) is 0. The maximum Gasteiger partial charge on any atom is 0.105 e. The lowest BCUT2D eigenvalue weighted by atomic mass is 10.0. The average Bonchev–Trinajstić information content (AvgIpc) is 2.47. The molecule has 0 spiro atoms. The van der Waals surface area contributed by atoms with Gasteiger partial charge in [-0.25, -0.2) is 0 Å². The van der Waals surface area contributed by atoms with Crippen molar-refractivity contribution in [3.05, 3.63) is 35.4 Å². The van der Waals surface area contributed by atoms with Gasteiger partial charge in [-0.2, -0.15) is 0 Å². The number of hydrogen-bond donors (Lipinski definition) is 1. The molecule has 0 fully saturated rings. The van der Waals surface area contributed by atoms with Gasteiger partial charge in [-0.1, -0.05) is 38.1 Å². The van der Waals surface area contributed by atoms with Crippen molar-refractivity contribution in [2.75, 3.05) is 6.61 Å².